The number of fused-ring (bicyclic) bond motifs is 1. The van der Waals surface area contributed by atoms with Gasteiger partial charge in [-0.3, -0.25) is 9.69 Å². The van der Waals surface area contributed by atoms with Crippen LogP contribution in [-0.2, 0) is 9.53 Å². The van der Waals surface area contributed by atoms with E-state index in [-0.39, 0.29) is 18.6 Å². The van der Waals surface area contributed by atoms with E-state index in [0.717, 1.165) is 5.56 Å². The average molecular weight is 433 g/mol. The number of hydrogen-bond acceptors (Lipinski definition) is 6. The molecule has 7 heteroatoms. The lowest BCUT2D eigenvalue weighted by Gasteiger charge is -2.37. The SMILES string of the molecule is COC(=O)c1ccc(OCC(=O)N2c3ccccc3OCC2c2ccccc2)c(OC)c1. The predicted molar refractivity (Wildman–Crippen MR) is 118 cm³/mol. The van der Waals surface area contributed by atoms with Gasteiger partial charge in [0.15, 0.2) is 18.1 Å². The molecule has 0 spiro atoms. The van der Waals surface area contributed by atoms with Crippen LogP contribution in [0, 0.1) is 0 Å². The van der Waals surface area contributed by atoms with Crippen LogP contribution in [-0.4, -0.2) is 39.3 Å². The first-order chi connectivity index (χ1) is 15.6. The molecule has 1 unspecified atom stereocenters. The van der Waals surface area contributed by atoms with Gasteiger partial charge in [0.05, 0.1) is 31.5 Å². The van der Waals surface area contributed by atoms with Crippen molar-refractivity contribution in [3.05, 3.63) is 83.9 Å². The number of para-hydroxylation sites is 2. The molecule has 0 aromatic heterocycles. The van der Waals surface area contributed by atoms with E-state index >= 15 is 0 Å². The number of carbonyl (C=O) groups excluding carboxylic acids is 2. The maximum Gasteiger partial charge on any atom is 0.337 e. The van der Waals surface area contributed by atoms with Crippen molar-refractivity contribution in [1.29, 1.82) is 0 Å². The molecular weight excluding hydrogens is 410 g/mol. The van der Waals surface area contributed by atoms with Crippen molar-refractivity contribution in [2.24, 2.45) is 0 Å². The van der Waals surface area contributed by atoms with Gasteiger partial charge in [-0.15, -0.1) is 0 Å². The summed E-state index contributed by atoms with van der Waals surface area (Å²) in [7, 11) is 2.77. The van der Waals surface area contributed by atoms with Crippen LogP contribution in [0.15, 0.2) is 72.8 Å². The molecular formula is C25H23NO6. The Kier molecular flexibility index (Phi) is 6.26. The number of methoxy groups -OCH3 is 2. The van der Waals surface area contributed by atoms with Gasteiger partial charge in [-0.2, -0.15) is 0 Å². The van der Waals surface area contributed by atoms with E-state index in [1.807, 2.05) is 54.6 Å². The maximum atomic E-state index is 13.4. The number of hydrogen-bond donors (Lipinski definition) is 0. The van der Waals surface area contributed by atoms with Gasteiger partial charge >= 0.3 is 5.97 Å². The van der Waals surface area contributed by atoms with Crippen LogP contribution in [0.3, 0.4) is 0 Å². The summed E-state index contributed by atoms with van der Waals surface area (Å²) in [6.45, 7) is 0.121. The Labute approximate surface area is 186 Å². The van der Waals surface area contributed by atoms with Gasteiger partial charge < -0.3 is 18.9 Å². The number of anilines is 1. The average Bonchev–Trinajstić information content (AvgIpc) is 2.86. The van der Waals surface area contributed by atoms with Crippen LogP contribution in [0.5, 0.6) is 17.2 Å². The second kappa shape index (κ2) is 9.43. The Morgan fingerprint density at radius 3 is 2.47 bits per heavy atom. The molecule has 1 atom stereocenters. The summed E-state index contributed by atoms with van der Waals surface area (Å²) in [5, 5.41) is 0. The van der Waals surface area contributed by atoms with Gasteiger partial charge in [-0.05, 0) is 35.9 Å². The lowest BCUT2D eigenvalue weighted by atomic mass is 10.0. The quantitative estimate of drug-likeness (QED) is 0.547. The summed E-state index contributed by atoms with van der Waals surface area (Å²) in [5.41, 5.74) is 1.99. The number of nitrogens with zero attached hydrogens (tertiary/aromatic N) is 1. The molecule has 3 aromatic carbocycles. The Hall–Kier alpha value is -4.00. The van der Waals surface area contributed by atoms with Gasteiger partial charge in [-0.1, -0.05) is 42.5 Å². The molecule has 1 aliphatic heterocycles. The molecule has 164 valence electrons. The van der Waals surface area contributed by atoms with Gasteiger partial charge in [0.2, 0.25) is 0 Å². The van der Waals surface area contributed by atoms with Crippen LogP contribution < -0.4 is 19.1 Å². The lowest BCUT2D eigenvalue weighted by Crippen LogP contribution is -2.43. The Morgan fingerprint density at radius 1 is 0.969 bits per heavy atom. The van der Waals surface area contributed by atoms with Gasteiger partial charge in [0, 0.05) is 0 Å². The van der Waals surface area contributed by atoms with E-state index in [0.29, 0.717) is 35.1 Å². The largest absolute Gasteiger partial charge is 0.493 e. The molecule has 0 saturated carbocycles. The molecule has 1 heterocycles. The highest BCUT2D eigenvalue weighted by Gasteiger charge is 2.33. The fourth-order valence-corrected chi connectivity index (χ4v) is 3.66. The van der Waals surface area contributed by atoms with Crippen LogP contribution in [0.2, 0.25) is 0 Å². The van der Waals surface area contributed by atoms with Crippen LogP contribution in [0.25, 0.3) is 0 Å². The minimum Gasteiger partial charge on any atom is -0.493 e. The second-order valence-electron chi connectivity index (χ2n) is 7.11. The molecule has 1 aliphatic rings. The topological polar surface area (TPSA) is 74.3 Å². The highest BCUT2D eigenvalue weighted by molar-refractivity contribution is 5.97. The van der Waals surface area contributed by atoms with Crippen molar-refractivity contribution < 1.29 is 28.5 Å². The summed E-state index contributed by atoms with van der Waals surface area (Å²) < 4.78 is 21.8. The number of rotatable bonds is 6. The van der Waals surface area contributed by atoms with Crippen molar-refractivity contribution in [3.63, 3.8) is 0 Å². The zero-order chi connectivity index (χ0) is 22.5. The van der Waals surface area contributed by atoms with E-state index in [9.17, 15) is 9.59 Å². The van der Waals surface area contributed by atoms with Crippen molar-refractivity contribution >= 4 is 17.6 Å². The van der Waals surface area contributed by atoms with E-state index < -0.39 is 5.97 Å². The number of esters is 1. The number of carbonyl (C=O) groups is 2. The first-order valence-corrected chi connectivity index (χ1v) is 10.1. The minimum atomic E-state index is -0.485. The summed E-state index contributed by atoms with van der Waals surface area (Å²) >= 11 is 0. The fraction of sp³-hybridized carbons (Fsp3) is 0.200. The molecule has 0 aliphatic carbocycles. The maximum absolute atomic E-state index is 13.4. The van der Waals surface area contributed by atoms with Gasteiger partial charge in [-0.25, -0.2) is 4.79 Å². The zero-order valence-corrected chi connectivity index (χ0v) is 17.8. The summed E-state index contributed by atoms with van der Waals surface area (Å²) in [5.74, 6) is 0.622. The molecule has 0 radical (unpaired) electrons. The molecule has 0 N–H and O–H groups in total. The lowest BCUT2D eigenvalue weighted by molar-refractivity contribution is -0.121. The van der Waals surface area contributed by atoms with E-state index in [1.165, 1.54) is 20.3 Å². The molecule has 0 fully saturated rings. The molecule has 4 rings (SSSR count). The summed E-state index contributed by atoms with van der Waals surface area (Å²) in [4.78, 5) is 26.8. The number of ether oxygens (including phenoxy) is 4. The molecule has 0 bridgehead atoms. The van der Waals surface area contributed by atoms with Gasteiger partial charge in [0.1, 0.15) is 12.4 Å². The molecule has 3 aromatic rings. The number of amides is 1. The van der Waals surface area contributed by atoms with Crippen molar-refractivity contribution in [2.75, 3.05) is 32.3 Å². The third-order valence-corrected chi connectivity index (χ3v) is 5.22. The molecule has 1 amide bonds. The molecule has 7 nitrogen and oxygen atoms in total. The third kappa shape index (κ3) is 4.23. The highest BCUT2D eigenvalue weighted by Crippen LogP contribution is 2.39. The number of benzene rings is 3. The minimum absolute atomic E-state index is 0.217. The summed E-state index contributed by atoms with van der Waals surface area (Å²) in [6, 6.07) is 21.5. The van der Waals surface area contributed by atoms with E-state index in [2.05, 4.69) is 0 Å². The third-order valence-electron chi connectivity index (χ3n) is 5.22. The normalized spacial score (nSPS) is 14.7. The fourth-order valence-electron chi connectivity index (χ4n) is 3.66. The van der Waals surface area contributed by atoms with Crippen molar-refractivity contribution in [3.8, 4) is 17.2 Å². The van der Waals surface area contributed by atoms with E-state index in [4.69, 9.17) is 18.9 Å². The van der Waals surface area contributed by atoms with Crippen LogP contribution in [0.4, 0.5) is 5.69 Å². The smallest absolute Gasteiger partial charge is 0.337 e. The van der Waals surface area contributed by atoms with Gasteiger partial charge in [0.25, 0.3) is 5.91 Å². The second-order valence-corrected chi connectivity index (χ2v) is 7.11. The Bertz CT molecular complexity index is 1110. The monoisotopic (exact) mass is 433 g/mol. The summed E-state index contributed by atoms with van der Waals surface area (Å²) in [6.07, 6.45) is 0. The predicted octanol–water partition coefficient (Wildman–Crippen LogP) is 4.03. The Balaban J connectivity index is 1.59. The first kappa shape index (κ1) is 21.2. The zero-order valence-electron chi connectivity index (χ0n) is 17.8. The highest BCUT2D eigenvalue weighted by atomic mass is 16.5. The van der Waals surface area contributed by atoms with Crippen molar-refractivity contribution in [2.45, 2.75) is 6.04 Å². The first-order valence-electron chi connectivity index (χ1n) is 10.1. The van der Waals surface area contributed by atoms with Crippen LogP contribution in [0.1, 0.15) is 22.0 Å². The van der Waals surface area contributed by atoms with E-state index in [1.54, 1.807) is 17.0 Å². The van der Waals surface area contributed by atoms with Crippen molar-refractivity contribution in [1.82, 2.24) is 0 Å². The molecule has 32 heavy (non-hydrogen) atoms. The standard InChI is InChI=1S/C25H23NO6/c1-29-23-14-18(25(28)30-2)12-13-22(23)32-16-24(27)26-19-10-6-7-11-21(19)31-15-20(26)17-8-4-3-5-9-17/h3-14,20H,15-16H2,1-2H3. The molecule has 0 saturated heterocycles. The Morgan fingerprint density at radius 2 is 1.72 bits per heavy atom. The van der Waals surface area contributed by atoms with Crippen LogP contribution >= 0.6 is 0 Å².